The van der Waals surface area contributed by atoms with E-state index in [9.17, 15) is 4.79 Å². The van der Waals surface area contributed by atoms with Gasteiger partial charge >= 0.3 is 0 Å². The van der Waals surface area contributed by atoms with Gasteiger partial charge in [0.15, 0.2) is 0 Å². The molecule has 17 heavy (non-hydrogen) atoms. The Kier molecular flexibility index (Phi) is 3.89. The number of carbonyl (C=O) groups is 1. The third-order valence-corrected chi connectivity index (χ3v) is 2.31. The first-order chi connectivity index (χ1) is 7.88. The fourth-order valence-corrected chi connectivity index (χ4v) is 1.18. The molecule has 0 radical (unpaired) electrons. The SMILES string of the molecule is C#CC(CC)NC(=O)c1n[nH]c(C(C)(C)C)n1. The van der Waals surface area contributed by atoms with Gasteiger partial charge in [-0.15, -0.1) is 11.5 Å². The van der Waals surface area contributed by atoms with Crippen LogP contribution in [0.4, 0.5) is 0 Å². The van der Waals surface area contributed by atoms with E-state index in [1.807, 2.05) is 27.7 Å². The van der Waals surface area contributed by atoms with E-state index < -0.39 is 0 Å². The fraction of sp³-hybridized carbons (Fsp3) is 0.583. The second-order valence-electron chi connectivity index (χ2n) is 4.86. The molecule has 0 fully saturated rings. The number of aromatic amines is 1. The number of nitrogens with zero attached hydrogens (tertiary/aromatic N) is 2. The number of hydrogen-bond donors (Lipinski definition) is 2. The molecule has 0 saturated carbocycles. The first kappa shape index (κ1) is 13.2. The highest BCUT2D eigenvalue weighted by atomic mass is 16.2. The van der Waals surface area contributed by atoms with Crippen LogP contribution in [0.5, 0.6) is 0 Å². The predicted octanol–water partition coefficient (Wildman–Crippen LogP) is 1.24. The van der Waals surface area contributed by atoms with Crippen molar-refractivity contribution in [3.8, 4) is 12.3 Å². The number of H-pyrrole nitrogens is 1. The second kappa shape index (κ2) is 5.00. The Morgan fingerprint density at radius 3 is 2.65 bits per heavy atom. The summed E-state index contributed by atoms with van der Waals surface area (Å²) < 4.78 is 0. The Bertz CT molecular complexity index is 436. The molecule has 5 nitrogen and oxygen atoms in total. The number of nitrogens with one attached hydrogen (secondary N) is 2. The zero-order valence-electron chi connectivity index (χ0n) is 10.7. The fourth-order valence-electron chi connectivity index (χ4n) is 1.18. The molecule has 1 aromatic heterocycles. The molecule has 1 unspecified atom stereocenters. The Hall–Kier alpha value is -1.83. The molecular formula is C12H18N4O. The minimum absolute atomic E-state index is 0.128. The summed E-state index contributed by atoms with van der Waals surface area (Å²) in [6, 6.07) is -0.279. The Morgan fingerprint density at radius 1 is 1.59 bits per heavy atom. The van der Waals surface area contributed by atoms with Crippen LogP contribution in [0.3, 0.4) is 0 Å². The third-order valence-electron chi connectivity index (χ3n) is 2.31. The molecule has 1 atom stereocenters. The molecule has 0 spiro atoms. The van der Waals surface area contributed by atoms with Crippen molar-refractivity contribution in [1.82, 2.24) is 20.5 Å². The molecule has 0 saturated heterocycles. The van der Waals surface area contributed by atoms with Crippen molar-refractivity contribution in [2.45, 2.75) is 45.6 Å². The molecule has 0 aliphatic rings. The molecule has 0 aromatic carbocycles. The van der Waals surface area contributed by atoms with Gasteiger partial charge in [-0.1, -0.05) is 33.6 Å². The van der Waals surface area contributed by atoms with Gasteiger partial charge in [-0.3, -0.25) is 9.89 Å². The summed E-state index contributed by atoms with van der Waals surface area (Å²) in [6.45, 7) is 7.88. The first-order valence-corrected chi connectivity index (χ1v) is 5.58. The zero-order chi connectivity index (χ0) is 13.1. The highest BCUT2D eigenvalue weighted by Crippen LogP contribution is 2.17. The molecule has 2 N–H and O–H groups in total. The van der Waals surface area contributed by atoms with Crippen molar-refractivity contribution in [3.63, 3.8) is 0 Å². The summed E-state index contributed by atoms with van der Waals surface area (Å²) in [5.41, 5.74) is -0.165. The lowest BCUT2D eigenvalue weighted by Crippen LogP contribution is -2.33. The summed E-state index contributed by atoms with van der Waals surface area (Å²) in [4.78, 5) is 15.9. The molecular weight excluding hydrogens is 216 g/mol. The highest BCUT2D eigenvalue weighted by Gasteiger charge is 2.21. The monoisotopic (exact) mass is 234 g/mol. The van der Waals surface area contributed by atoms with Gasteiger partial charge in [0.25, 0.3) is 5.91 Å². The number of hydrogen-bond acceptors (Lipinski definition) is 3. The van der Waals surface area contributed by atoms with Crippen LogP contribution in [0.1, 0.15) is 50.6 Å². The number of rotatable bonds is 3. The molecule has 0 aliphatic carbocycles. The summed E-state index contributed by atoms with van der Waals surface area (Å²) in [5.74, 6) is 2.95. The van der Waals surface area contributed by atoms with Crippen LogP contribution in [0, 0.1) is 12.3 Å². The molecule has 0 bridgehead atoms. The van der Waals surface area contributed by atoms with Crippen LogP contribution < -0.4 is 5.32 Å². The van der Waals surface area contributed by atoms with Gasteiger partial charge in [-0.05, 0) is 6.42 Å². The molecule has 5 heteroatoms. The van der Waals surface area contributed by atoms with Crippen molar-refractivity contribution >= 4 is 5.91 Å². The second-order valence-corrected chi connectivity index (χ2v) is 4.86. The smallest absolute Gasteiger partial charge is 0.291 e. The Morgan fingerprint density at radius 2 is 2.24 bits per heavy atom. The van der Waals surface area contributed by atoms with Crippen molar-refractivity contribution < 1.29 is 4.79 Å². The van der Waals surface area contributed by atoms with Gasteiger partial charge in [0.05, 0.1) is 6.04 Å². The minimum atomic E-state index is -0.346. The summed E-state index contributed by atoms with van der Waals surface area (Å²) in [7, 11) is 0. The maximum atomic E-state index is 11.8. The van der Waals surface area contributed by atoms with Crippen LogP contribution in [0.25, 0.3) is 0 Å². The largest absolute Gasteiger partial charge is 0.336 e. The van der Waals surface area contributed by atoms with Gasteiger partial charge in [0, 0.05) is 5.41 Å². The van der Waals surface area contributed by atoms with Gasteiger partial charge in [-0.2, -0.15) is 0 Å². The third kappa shape index (κ3) is 3.31. The molecule has 1 amide bonds. The van der Waals surface area contributed by atoms with Crippen LogP contribution in [-0.4, -0.2) is 27.1 Å². The quantitative estimate of drug-likeness (QED) is 0.773. The molecule has 1 aromatic rings. The van der Waals surface area contributed by atoms with E-state index in [0.29, 0.717) is 12.2 Å². The summed E-state index contributed by atoms with van der Waals surface area (Å²) in [5, 5.41) is 9.33. The van der Waals surface area contributed by atoms with Crippen LogP contribution in [-0.2, 0) is 5.41 Å². The maximum absolute atomic E-state index is 11.8. The van der Waals surface area contributed by atoms with E-state index in [1.54, 1.807) is 0 Å². The predicted molar refractivity (Wildman–Crippen MR) is 65.5 cm³/mol. The number of terminal acetylenes is 1. The molecule has 1 rings (SSSR count). The van der Waals surface area contributed by atoms with E-state index in [2.05, 4.69) is 26.4 Å². The average Bonchev–Trinajstić information content (AvgIpc) is 2.74. The average molecular weight is 234 g/mol. The first-order valence-electron chi connectivity index (χ1n) is 5.58. The summed E-state index contributed by atoms with van der Waals surface area (Å²) >= 11 is 0. The number of aromatic nitrogens is 3. The normalized spacial score (nSPS) is 12.9. The molecule has 92 valence electrons. The van der Waals surface area contributed by atoms with Crippen molar-refractivity contribution in [2.24, 2.45) is 0 Å². The van der Waals surface area contributed by atoms with E-state index in [0.717, 1.165) is 0 Å². The lowest BCUT2D eigenvalue weighted by atomic mass is 9.96. The van der Waals surface area contributed by atoms with Crippen molar-refractivity contribution in [2.75, 3.05) is 0 Å². The zero-order valence-corrected chi connectivity index (χ0v) is 10.7. The number of amides is 1. The minimum Gasteiger partial charge on any atom is -0.336 e. The van der Waals surface area contributed by atoms with Gasteiger partial charge in [0.1, 0.15) is 5.82 Å². The maximum Gasteiger partial charge on any atom is 0.291 e. The lowest BCUT2D eigenvalue weighted by molar-refractivity contribution is 0.0935. The molecule has 0 aliphatic heterocycles. The van der Waals surface area contributed by atoms with Crippen molar-refractivity contribution in [3.05, 3.63) is 11.6 Å². The van der Waals surface area contributed by atoms with Crippen LogP contribution >= 0.6 is 0 Å². The van der Waals surface area contributed by atoms with Gasteiger partial charge in [0.2, 0.25) is 5.82 Å². The topological polar surface area (TPSA) is 70.7 Å². The summed E-state index contributed by atoms with van der Waals surface area (Å²) in [6.07, 6.45) is 5.95. The van der Waals surface area contributed by atoms with Gasteiger partial charge < -0.3 is 5.32 Å². The van der Waals surface area contributed by atoms with Crippen molar-refractivity contribution in [1.29, 1.82) is 0 Å². The Labute approximate surface area is 101 Å². The molecule has 1 heterocycles. The van der Waals surface area contributed by atoms with E-state index >= 15 is 0 Å². The van der Waals surface area contributed by atoms with E-state index in [4.69, 9.17) is 6.42 Å². The van der Waals surface area contributed by atoms with Gasteiger partial charge in [-0.25, -0.2) is 4.98 Å². The highest BCUT2D eigenvalue weighted by molar-refractivity contribution is 5.90. The standard InChI is InChI=1S/C12H18N4O/c1-6-8(7-2)13-10(17)9-14-11(16-15-9)12(3,4)5/h1,8H,7H2,2-5H3,(H,13,17)(H,14,15,16). The number of carbonyl (C=O) groups excluding carboxylic acids is 1. The Balaban J connectivity index is 2.78. The van der Waals surface area contributed by atoms with Crippen LogP contribution in [0.15, 0.2) is 0 Å². The van der Waals surface area contributed by atoms with E-state index in [-0.39, 0.29) is 23.2 Å². The van der Waals surface area contributed by atoms with E-state index in [1.165, 1.54) is 0 Å². The van der Waals surface area contributed by atoms with Crippen LogP contribution in [0.2, 0.25) is 0 Å². The lowest BCUT2D eigenvalue weighted by Gasteiger charge is -2.13.